The fourth-order valence-electron chi connectivity index (χ4n) is 1.34. The van der Waals surface area contributed by atoms with Gasteiger partial charge in [0.25, 0.3) is 0 Å². The molecular formula is C12H18N2O2S2. The number of nitrogens with one attached hydrogen (secondary N) is 2. The van der Waals surface area contributed by atoms with E-state index >= 15 is 0 Å². The maximum atomic E-state index is 11.6. The summed E-state index contributed by atoms with van der Waals surface area (Å²) in [5, 5.41) is 7.38. The van der Waals surface area contributed by atoms with Crippen LogP contribution in [-0.2, 0) is 4.74 Å². The molecule has 1 heterocycles. The van der Waals surface area contributed by atoms with Crippen LogP contribution in [0.25, 0.3) is 0 Å². The standard InChI is InChI=1S/C12H18N2O2S2/c1-7-6-8(10(15)16-5)9(18-7)13-11(17)14-12(2,3)4/h6H,1-5H3,(H2,13,14,17). The van der Waals surface area contributed by atoms with Crippen molar-refractivity contribution >= 4 is 39.6 Å². The number of carbonyl (C=O) groups excluding carboxylic acids is 1. The second-order valence-electron chi connectivity index (χ2n) is 4.92. The molecule has 0 bridgehead atoms. The predicted molar refractivity (Wildman–Crippen MR) is 79.5 cm³/mol. The summed E-state index contributed by atoms with van der Waals surface area (Å²) in [5.74, 6) is -0.361. The molecule has 0 saturated carbocycles. The van der Waals surface area contributed by atoms with E-state index in [1.54, 1.807) is 6.07 Å². The van der Waals surface area contributed by atoms with E-state index in [1.807, 2.05) is 27.7 Å². The quantitative estimate of drug-likeness (QED) is 0.646. The number of carbonyl (C=O) groups is 1. The van der Waals surface area contributed by atoms with Crippen LogP contribution in [0.4, 0.5) is 5.00 Å². The Kier molecular flexibility index (Phi) is 4.70. The number of anilines is 1. The third kappa shape index (κ3) is 4.27. The van der Waals surface area contributed by atoms with Gasteiger partial charge in [-0.3, -0.25) is 0 Å². The third-order valence-corrected chi connectivity index (χ3v) is 3.15. The van der Waals surface area contributed by atoms with Gasteiger partial charge in [0.05, 0.1) is 12.7 Å². The maximum Gasteiger partial charge on any atom is 0.340 e. The number of thiophene rings is 1. The zero-order valence-corrected chi connectivity index (χ0v) is 12.8. The molecule has 0 aliphatic carbocycles. The Morgan fingerprint density at radius 3 is 2.56 bits per heavy atom. The molecule has 0 saturated heterocycles. The van der Waals surface area contributed by atoms with Gasteiger partial charge in [0.2, 0.25) is 0 Å². The van der Waals surface area contributed by atoms with Gasteiger partial charge in [0.15, 0.2) is 5.11 Å². The summed E-state index contributed by atoms with van der Waals surface area (Å²) in [6.45, 7) is 7.98. The molecule has 0 radical (unpaired) electrons. The summed E-state index contributed by atoms with van der Waals surface area (Å²) in [6, 6.07) is 1.79. The molecule has 100 valence electrons. The minimum absolute atomic E-state index is 0.123. The Labute approximate surface area is 117 Å². The Morgan fingerprint density at radius 2 is 2.06 bits per heavy atom. The Morgan fingerprint density at radius 1 is 1.44 bits per heavy atom. The van der Waals surface area contributed by atoms with E-state index in [0.717, 1.165) is 4.88 Å². The normalized spacial score (nSPS) is 10.9. The average Bonchev–Trinajstić information content (AvgIpc) is 2.55. The van der Waals surface area contributed by atoms with Gasteiger partial charge in [-0.1, -0.05) is 0 Å². The van der Waals surface area contributed by atoms with E-state index < -0.39 is 0 Å². The van der Waals surface area contributed by atoms with Crippen molar-refractivity contribution < 1.29 is 9.53 Å². The van der Waals surface area contributed by atoms with Gasteiger partial charge in [0.1, 0.15) is 5.00 Å². The Balaban J connectivity index is 2.84. The predicted octanol–water partition coefficient (Wildman–Crippen LogP) is 2.93. The number of hydrogen-bond donors (Lipinski definition) is 2. The van der Waals surface area contributed by atoms with Crippen LogP contribution in [0.1, 0.15) is 36.0 Å². The van der Waals surface area contributed by atoms with Gasteiger partial charge in [-0.05, 0) is 46.0 Å². The molecule has 0 atom stereocenters. The molecule has 1 aromatic rings. The third-order valence-electron chi connectivity index (χ3n) is 1.98. The number of aryl methyl sites for hydroxylation is 1. The van der Waals surface area contributed by atoms with Crippen molar-refractivity contribution in [2.75, 3.05) is 12.4 Å². The summed E-state index contributed by atoms with van der Waals surface area (Å²) in [5.41, 5.74) is 0.389. The lowest BCUT2D eigenvalue weighted by Crippen LogP contribution is -2.42. The first kappa shape index (κ1) is 14.9. The lowest BCUT2D eigenvalue weighted by atomic mass is 10.1. The van der Waals surface area contributed by atoms with E-state index in [1.165, 1.54) is 18.4 Å². The molecule has 6 heteroatoms. The van der Waals surface area contributed by atoms with Gasteiger partial charge in [0, 0.05) is 10.4 Å². The molecule has 0 amide bonds. The number of rotatable bonds is 2. The zero-order chi connectivity index (χ0) is 13.9. The van der Waals surface area contributed by atoms with Gasteiger partial charge >= 0.3 is 5.97 Å². The molecule has 4 nitrogen and oxygen atoms in total. The van der Waals surface area contributed by atoms with E-state index in [0.29, 0.717) is 15.7 Å². The van der Waals surface area contributed by atoms with Crippen LogP contribution in [-0.4, -0.2) is 23.7 Å². The van der Waals surface area contributed by atoms with E-state index in [4.69, 9.17) is 17.0 Å². The zero-order valence-electron chi connectivity index (χ0n) is 11.2. The molecule has 18 heavy (non-hydrogen) atoms. The van der Waals surface area contributed by atoms with Gasteiger partial charge in [-0.15, -0.1) is 11.3 Å². The average molecular weight is 286 g/mol. The highest BCUT2D eigenvalue weighted by Crippen LogP contribution is 2.28. The van der Waals surface area contributed by atoms with Crippen molar-refractivity contribution in [3.63, 3.8) is 0 Å². The monoisotopic (exact) mass is 286 g/mol. The molecule has 0 aromatic carbocycles. The van der Waals surface area contributed by atoms with Crippen LogP contribution in [0.3, 0.4) is 0 Å². The van der Waals surface area contributed by atoms with E-state index in [9.17, 15) is 4.79 Å². The van der Waals surface area contributed by atoms with Crippen molar-refractivity contribution in [3.8, 4) is 0 Å². The molecule has 0 unspecified atom stereocenters. The molecule has 1 rings (SSSR count). The van der Waals surface area contributed by atoms with Crippen molar-refractivity contribution in [1.29, 1.82) is 0 Å². The van der Waals surface area contributed by atoms with Crippen LogP contribution in [0.2, 0.25) is 0 Å². The SMILES string of the molecule is COC(=O)c1cc(C)sc1NC(=S)NC(C)(C)C. The van der Waals surface area contributed by atoms with Crippen molar-refractivity contribution in [2.45, 2.75) is 33.2 Å². The molecular weight excluding hydrogens is 268 g/mol. The van der Waals surface area contributed by atoms with E-state index in [-0.39, 0.29) is 11.5 Å². The highest BCUT2D eigenvalue weighted by Gasteiger charge is 2.17. The smallest absolute Gasteiger partial charge is 0.340 e. The lowest BCUT2D eigenvalue weighted by molar-refractivity contribution is 0.0602. The van der Waals surface area contributed by atoms with E-state index in [2.05, 4.69) is 10.6 Å². The molecule has 0 aliphatic heterocycles. The molecule has 2 N–H and O–H groups in total. The number of hydrogen-bond acceptors (Lipinski definition) is 4. The fraction of sp³-hybridized carbons (Fsp3) is 0.500. The summed E-state index contributed by atoms with van der Waals surface area (Å²) in [7, 11) is 1.37. The number of esters is 1. The van der Waals surface area contributed by atoms with Gasteiger partial charge < -0.3 is 15.4 Å². The Hall–Kier alpha value is -1.14. The number of methoxy groups -OCH3 is 1. The number of thiocarbonyl (C=S) groups is 1. The first-order valence-corrected chi connectivity index (χ1v) is 6.73. The van der Waals surface area contributed by atoms with Crippen LogP contribution >= 0.6 is 23.6 Å². The lowest BCUT2D eigenvalue weighted by Gasteiger charge is -2.22. The van der Waals surface area contributed by atoms with Crippen molar-refractivity contribution in [2.24, 2.45) is 0 Å². The summed E-state index contributed by atoms with van der Waals surface area (Å²) >= 11 is 6.68. The summed E-state index contributed by atoms with van der Waals surface area (Å²) in [6.07, 6.45) is 0. The highest BCUT2D eigenvalue weighted by atomic mass is 32.1. The first-order chi connectivity index (χ1) is 8.23. The van der Waals surface area contributed by atoms with Crippen molar-refractivity contribution in [1.82, 2.24) is 5.32 Å². The minimum atomic E-state index is -0.361. The van der Waals surface area contributed by atoms with Gasteiger partial charge in [-0.2, -0.15) is 0 Å². The highest BCUT2D eigenvalue weighted by molar-refractivity contribution is 7.80. The largest absolute Gasteiger partial charge is 0.465 e. The fourth-order valence-corrected chi connectivity index (χ4v) is 2.72. The second kappa shape index (κ2) is 5.67. The topological polar surface area (TPSA) is 50.4 Å². The molecule has 1 aromatic heterocycles. The molecule has 0 spiro atoms. The van der Waals surface area contributed by atoms with Crippen LogP contribution in [0.5, 0.6) is 0 Å². The first-order valence-electron chi connectivity index (χ1n) is 5.51. The van der Waals surface area contributed by atoms with Crippen molar-refractivity contribution in [3.05, 3.63) is 16.5 Å². The Bertz CT molecular complexity index is 461. The second-order valence-corrected chi connectivity index (χ2v) is 6.59. The van der Waals surface area contributed by atoms with Crippen LogP contribution < -0.4 is 10.6 Å². The van der Waals surface area contributed by atoms with Gasteiger partial charge in [-0.25, -0.2) is 4.79 Å². The maximum absolute atomic E-state index is 11.6. The molecule has 0 aliphatic rings. The van der Waals surface area contributed by atoms with Crippen LogP contribution in [0.15, 0.2) is 6.07 Å². The molecule has 0 fully saturated rings. The summed E-state index contributed by atoms with van der Waals surface area (Å²) in [4.78, 5) is 12.6. The summed E-state index contributed by atoms with van der Waals surface area (Å²) < 4.78 is 4.74. The van der Waals surface area contributed by atoms with Crippen LogP contribution in [0, 0.1) is 6.92 Å². The minimum Gasteiger partial charge on any atom is -0.465 e. The number of ether oxygens (including phenoxy) is 1.